The monoisotopic (exact) mass is 491 g/mol. The second-order valence-electron chi connectivity index (χ2n) is 7.71. The first-order valence-corrected chi connectivity index (χ1v) is 12.0. The Labute approximate surface area is 202 Å². The van der Waals surface area contributed by atoms with Crippen LogP contribution >= 0.6 is 23.4 Å². The minimum Gasteiger partial charge on any atom is -0.460 e. The molecule has 176 valence electrons. The minimum atomic E-state index is -0.556. The summed E-state index contributed by atoms with van der Waals surface area (Å²) in [6.07, 6.45) is 0.192. The predicted octanol–water partition coefficient (Wildman–Crippen LogP) is 3.35. The van der Waals surface area contributed by atoms with Gasteiger partial charge >= 0.3 is 5.97 Å². The van der Waals surface area contributed by atoms with Crippen molar-refractivity contribution >= 4 is 40.4 Å². The Kier molecular flexibility index (Phi) is 7.75. The molecular weight excluding hydrogens is 466 g/mol. The number of methoxy groups -OCH3 is 1. The van der Waals surface area contributed by atoms with Gasteiger partial charge in [0.15, 0.2) is 5.17 Å². The molecule has 1 aromatic carbocycles. The molecule has 4 rings (SSSR count). The Bertz CT molecular complexity index is 1020. The number of hydrogen-bond acceptors (Lipinski definition) is 8. The topological polar surface area (TPSA) is 80.7 Å². The average Bonchev–Trinajstić information content (AvgIpc) is 3.21. The van der Waals surface area contributed by atoms with Gasteiger partial charge in [0.2, 0.25) is 5.91 Å². The number of morpholine rings is 1. The molecule has 0 bridgehead atoms. The number of rotatable bonds is 7. The van der Waals surface area contributed by atoms with Crippen molar-refractivity contribution in [2.24, 2.45) is 4.99 Å². The normalized spacial score (nSPS) is 20.4. The number of carbonyl (C=O) groups is 2. The fourth-order valence-electron chi connectivity index (χ4n) is 4.00. The molecule has 1 amide bonds. The van der Waals surface area contributed by atoms with Gasteiger partial charge in [-0.05, 0) is 24.0 Å². The van der Waals surface area contributed by atoms with E-state index >= 15 is 0 Å². The van der Waals surface area contributed by atoms with Gasteiger partial charge in [0.25, 0.3) is 0 Å². The number of aliphatic imine (C=N–C) groups is 1. The smallest absolute Gasteiger partial charge is 0.338 e. The molecule has 10 heteroatoms. The quantitative estimate of drug-likeness (QED) is 0.427. The Hall–Kier alpha value is -2.33. The highest BCUT2D eigenvalue weighted by atomic mass is 35.5. The molecule has 0 spiro atoms. The van der Waals surface area contributed by atoms with Crippen molar-refractivity contribution in [1.82, 2.24) is 9.80 Å². The number of carbonyl (C=O) groups excluding carboxylic acids is 2. The van der Waals surface area contributed by atoms with Crippen LogP contribution < -0.4 is 0 Å². The number of hydrogen-bond donors (Lipinski definition) is 0. The van der Waals surface area contributed by atoms with Crippen LogP contribution in [0.25, 0.3) is 0 Å². The van der Waals surface area contributed by atoms with Gasteiger partial charge in [-0.2, -0.15) is 0 Å². The van der Waals surface area contributed by atoms with E-state index in [9.17, 15) is 9.59 Å². The molecule has 3 aliphatic rings. The third-order valence-electron chi connectivity index (χ3n) is 5.64. The number of ether oxygens (including phenoxy) is 3. The Balaban J connectivity index is 1.67. The maximum absolute atomic E-state index is 13.2. The van der Waals surface area contributed by atoms with Crippen molar-refractivity contribution in [3.8, 4) is 0 Å². The van der Waals surface area contributed by atoms with Gasteiger partial charge in [-0.1, -0.05) is 41.6 Å². The second kappa shape index (κ2) is 10.7. The predicted molar refractivity (Wildman–Crippen MR) is 127 cm³/mol. The third kappa shape index (κ3) is 5.11. The molecule has 33 heavy (non-hydrogen) atoms. The number of esters is 1. The summed E-state index contributed by atoms with van der Waals surface area (Å²) in [5.41, 5.74) is 2.48. The lowest BCUT2D eigenvalue weighted by atomic mass is 9.93. The standard InChI is InChI=1S/C23H26ClN3O5S/c1-15-20(22(29)32-12-11-30-2)21(17-5-3-4-6-18(17)24)27-16(14-33-23(27)25-15)13-19(28)26-7-9-31-10-8-26/h3-6,14,21H,7-13H2,1-2H3. The van der Waals surface area contributed by atoms with Crippen LogP contribution in [0.2, 0.25) is 5.02 Å². The highest BCUT2D eigenvalue weighted by molar-refractivity contribution is 8.16. The van der Waals surface area contributed by atoms with E-state index in [4.69, 9.17) is 25.8 Å². The van der Waals surface area contributed by atoms with E-state index in [2.05, 4.69) is 4.99 Å². The van der Waals surface area contributed by atoms with Crippen molar-refractivity contribution in [2.75, 3.05) is 46.6 Å². The lowest BCUT2D eigenvalue weighted by Crippen LogP contribution is -2.42. The van der Waals surface area contributed by atoms with Gasteiger partial charge < -0.3 is 24.0 Å². The molecule has 0 aromatic heterocycles. The molecule has 1 unspecified atom stereocenters. The van der Waals surface area contributed by atoms with Crippen LogP contribution in [0.15, 0.2) is 51.6 Å². The number of benzene rings is 1. The summed E-state index contributed by atoms with van der Waals surface area (Å²) in [7, 11) is 1.55. The SMILES string of the molecule is COCCOC(=O)C1=C(C)N=C2SC=C(CC(=O)N3CCOCC3)N2C1c1ccccc1Cl. The van der Waals surface area contributed by atoms with Gasteiger partial charge in [0, 0.05) is 30.9 Å². The molecule has 0 N–H and O–H groups in total. The molecule has 1 fully saturated rings. The summed E-state index contributed by atoms with van der Waals surface area (Å²) in [5.74, 6) is -0.465. The van der Waals surface area contributed by atoms with Crippen LogP contribution in [0, 0.1) is 0 Å². The number of thioether (sulfide) groups is 1. The van der Waals surface area contributed by atoms with E-state index < -0.39 is 12.0 Å². The Morgan fingerprint density at radius 1 is 1.24 bits per heavy atom. The molecule has 1 atom stereocenters. The first-order valence-electron chi connectivity index (χ1n) is 10.7. The average molecular weight is 492 g/mol. The molecule has 1 saturated heterocycles. The fourth-order valence-corrected chi connectivity index (χ4v) is 5.20. The molecule has 8 nitrogen and oxygen atoms in total. The second-order valence-corrected chi connectivity index (χ2v) is 8.96. The summed E-state index contributed by atoms with van der Waals surface area (Å²) in [6.45, 7) is 4.44. The maximum atomic E-state index is 13.2. The van der Waals surface area contributed by atoms with Crippen LogP contribution in [0.4, 0.5) is 0 Å². The van der Waals surface area contributed by atoms with Crippen molar-refractivity contribution in [1.29, 1.82) is 0 Å². The third-order valence-corrected chi connectivity index (χ3v) is 6.87. The van der Waals surface area contributed by atoms with Crippen molar-refractivity contribution in [2.45, 2.75) is 19.4 Å². The van der Waals surface area contributed by atoms with Crippen molar-refractivity contribution in [3.05, 3.63) is 57.2 Å². The zero-order chi connectivity index (χ0) is 23.4. The van der Waals surface area contributed by atoms with Gasteiger partial charge in [-0.25, -0.2) is 9.79 Å². The number of halogens is 1. The van der Waals surface area contributed by atoms with Gasteiger partial charge in [-0.3, -0.25) is 4.79 Å². The van der Waals surface area contributed by atoms with Gasteiger partial charge in [-0.15, -0.1) is 0 Å². The summed E-state index contributed by atoms with van der Waals surface area (Å²) >= 11 is 8.03. The Morgan fingerprint density at radius 2 is 2.00 bits per heavy atom. The molecule has 3 heterocycles. The van der Waals surface area contributed by atoms with Gasteiger partial charge in [0.05, 0.1) is 43.6 Å². The maximum Gasteiger partial charge on any atom is 0.338 e. The van der Waals surface area contributed by atoms with Crippen LogP contribution in [-0.4, -0.2) is 73.5 Å². The number of amidine groups is 1. The number of allylic oxidation sites excluding steroid dienone is 1. The van der Waals surface area contributed by atoms with E-state index in [0.717, 1.165) is 11.3 Å². The number of fused-ring (bicyclic) bond motifs is 1. The molecule has 1 aromatic rings. The van der Waals surface area contributed by atoms with Crippen LogP contribution in [-0.2, 0) is 23.8 Å². The van der Waals surface area contributed by atoms with Crippen molar-refractivity contribution in [3.63, 3.8) is 0 Å². The summed E-state index contributed by atoms with van der Waals surface area (Å²) in [5, 5.41) is 3.15. The van der Waals surface area contributed by atoms with Crippen LogP contribution in [0.5, 0.6) is 0 Å². The van der Waals surface area contributed by atoms with Crippen molar-refractivity contribution < 1.29 is 23.8 Å². The van der Waals surface area contributed by atoms with E-state index in [1.807, 2.05) is 28.5 Å². The summed E-state index contributed by atoms with van der Waals surface area (Å²) < 4.78 is 15.8. The lowest BCUT2D eigenvalue weighted by molar-refractivity contribution is -0.141. The minimum absolute atomic E-state index is 0.0137. The zero-order valence-corrected chi connectivity index (χ0v) is 20.2. The van der Waals surface area contributed by atoms with E-state index in [1.54, 1.807) is 25.0 Å². The molecule has 3 aliphatic heterocycles. The van der Waals surface area contributed by atoms with E-state index in [0.29, 0.717) is 54.4 Å². The number of nitrogens with zero attached hydrogens (tertiary/aromatic N) is 3. The van der Waals surface area contributed by atoms with E-state index in [1.165, 1.54) is 11.8 Å². The molecular formula is C23H26ClN3O5S. The first-order chi connectivity index (χ1) is 16.0. The first kappa shape index (κ1) is 23.8. The molecule has 0 aliphatic carbocycles. The van der Waals surface area contributed by atoms with Gasteiger partial charge in [0.1, 0.15) is 6.61 Å². The highest BCUT2D eigenvalue weighted by Gasteiger charge is 2.42. The fraction of sp³-hybridized carbons (Fsp3) is 0.435. The largest absolute Gasteiger partial charge is 0.460 e. The van der Waals surface area contributed by atoms with Crippen LogP contribution in [0.3, 0.4) is 0 Å². The highest BCUT2D eigenvalue weighted by Crippen LogP contribution is 2.46. The molecule has 0 saturated carbocycles. The van der Waals surface area contributed by atoms with E-state index in [-0.39, 0.29) is 18.9 Å². The van der Waals surface area contributed by atoms with Crippen LogP contribution in [0.1, 0.15) is 24.9 Å². The summed E-state index contributed by atoms with van der Waals surface area (Å²) in [4.78, 5) is 34.6. The lowest BCUT2D eigenvalue weighted by Gasteiger charge is -2.37. The summed E-state index contributed by atoms with van der Waals surface area (Å²) in [6, 6.07) is 6.84. The molecule has 0 radical (unpaired) electrons. The Morgan fingerprint density at radius 3 is 2.73 bits per heavy atom. The zero-order valence-electron chi connectivity index (χ0n) is 18.6. The number of amides is 1.